The zero-order valence-corrected chi connectivity index (χ0v) is 19.1. The molecule has 1 atom stereocenters. The third-order valence-electron chi connectivity index (χ3n) is 4.70. The fourth-order valence-electron chi connectivity index (χ4n) is 3.25. The third kappa shape index (κ3) is 5.47. The summed E-state index contributed by atoms with van der Waals surface area (Å²) in [5, 5.41) is 7.35. The van der Waals surface area contributed by atoms with Crippen molar-refractivity contribution in [3.63, 3.8) is 0 Å². The molecule has 29 heavy (non-hydrogen) atoms. The maximum absolute atomic E-state index is 13.2. The topological polar surface area (TPSA) is 73.2 Å². The Balaban J connectivity index is 1.89. The number of aromatic nitrogens is 2. The van der Waals surface area contributed by atoms with Gasteiger partial charge in [-0.15, -0.1) is 4.68 Å². The summed E-state index contributed by atoms with van der Waals surface area (Å²) < 4.78 is 7.57. The van der Waals surface area contributed by atoms with Crippen LogP contribution >= 0.6 is 15.9 Å². The largest absolute Gasteiger partial charge is 0.442 e. The van der Waals surface area contributed by atoms with Crippen LogP contribution in [-0.2, 0) is 9.53 Å². The van der Waals surface area contributed by atoms with E-state index >= 15 is 0 Å². The minimum absolute atomic E-state index is 0.0742. The molecule has 0 aliphatic heterocycles. The summed E-state index contributed by atoms with van der Waals surface area (Å²) in [6.45, 7) is 9.42. The van der Waals surface area contributed by atoms with E-state index in [-0.39, 0.29) is 17.7 Å². The van der Waals surface area contributed by atoms with E-state index in [1.165, 1.54) is 4.68 Å². The standard InChI is InChI=1S/C22H28BrN3O3/c1-13(2)19(15-7-6-8-16(23)11-15)20(27)24-18-12-17(14-9-10-14)25-26(18)21(28)29-22(3,4)5/h6-8,11-14,19H,9-10H2,1-5H3,(H,24,27)/t19-/m0/s1. The molecule has 7 heteroatoms. The van der Waals surface area contributed by atoms with Gasteiger partial charge in [-0.05, 0) is 57.2 Å². The first kappa shape index (κ1) is 21.6. The van der Waals surface area contributed by atoms with E-state index in [1.54, 1.807) is 26.8 Å². The predicted molar refractivity (Wildman–Crippen MR) is 116 cm³/mol. The molecule has 3 rings (SSSR count). The van der Waals surface area contributed by atoms with Crippen LogP contribution in [0.25, 0.3) is 0 Å². The lowest BCUT2D eigenvalue weighted by atomic mass is 9.87. The molecule has 0 spiro atoms. The minimum Gasteiger partial charge on any atom is -0.442 e. The van der Waals surface area contributed by atoms with Gasteiger partial charge in [0.05, 0.1) is 11.6 Å². The Morgan fingerprint density at radius 1 is 1.24 bits per heavy atom. The first-order valence-corrected chi connectivity index (χ1v) is 10.7. The Bertz CT molecular complexity index is 910. The van der Waals surface area contributed by atoms with Gasteiger partial charge in [0.15, 0.2) is 0 Å². The maximum atomic E-state index is 13.2. The van der Waals surface area contributed by atoms with Crippen LogP contribution in [0.4, 0.5) is 10.6 Å². The van der Waals surface area contributed by atoms with Gasteiger partial charge in [-0.25, -0.2) is 4.79 Å². The molecule has 0 bridgehead atoms. The van der Waals surface area contributed by atoms with E-state index in [0.717, 1.165) is 28.6 Å². The van der Waals surface area contributed by atoms with Gasteiger partial charge in [0.2, 0.25) is 5.91 Å². The number of hydrogen-bond acceptors (Lipinski definition) is 4. The van der Waals surface area contributed by atoms with Crippen LogP contribution in [0.15, 0.2) is 34.8 Å². The van der Waals surface area contributed by atoms with E-state index < -0.39 is 11.7 Å². The maximum Gasteiger partial charge on any atom is 0.437 e. The monoisotopic (exact) mass is 461 g/mol. The molecular weight excluding hydrogens is 434 g/mol. The highest BCUT2D eigenvalue weighted by molar-refractivity contribution is 9.10. The average Bonchev–Trinajstić information content (AvgIpc) is 3.34. The molecular formula is C22H28BrN3O3. The number of ether oxygens (including phenoxy) is 1. The molecule has 156 valence electrons. The first-order chi connectivity index (χ1) is 13.5. The van der Waals surface area contributed by atoms with Crippen LogP contribution in [0.2, 0.25) is 0 Å². The van der Waals surface area contributed by atoms with Crippen molar-refractivity contribution >= 4 is 33.7 Å². The molecule has 1 N–H and O–H groups in total. The lowest BCUT2D eigenvalue weighted by molar-refractivity contribution is -0.118. The van der Waals surface area contributed by atoms with Crippen LogP contribution < -0.4 is 5.32 Å². The van der Waals surface area contributed by atoms with Crippen molar-refractivity contribution in [3.8, 4) is 0 Å². The molecule has 1 fully saturated rings. The van der Waals surface area contributed by atoms with Crippen LogP contribution in [0, 0.1) is 5.92 Å². The smallest absolute Gasteiger partial charge is 0.437 e. The summed E-state index contributed by atoms with van der Waals surface area (Å²) in [6.07, 6.45) is 1.50. The SMILES string of the molecule is CC(C)[C@H](C(=O)Nc1cc(C2CC2)nn1C(=O)OC(C)(C)C)c1cccc(Br)c1. The number of anilines is 1. The Labute approximate surface area is 180 Å². The number of halogens is 1. The summed E-state index contributed by atoms with van der Waals surface area (Å²) >= 11 is 3.47. The summed E-state index contributed by atoms with van der Waals surface area (Å²) in [5.74, 6) is 0.237. The van der Waals surface area contributed by atoms with Crippen molar-refractivity contribution in [2.24, 2.45) is 5.92 Å². The molecule has 2 aromatic rings. The van der Waals surface area contributed by atoms with Crippen molar-refractivity contribution in [2.45, 2.75) is 64.9 Å². The number of rotatable bonds is 5. The van der Waals surface area contributed by atoms with Gasteiger partial charge in [-0.2, -0.15) is 5.10 Å². The van der Waals surface area contributed by atoms with E-state index in [1.807, 2.05) is 38.1 Å². The van der Waals surface area contributed by atoms with Crippen molar-refractivity contribution in [2.75, 3.05) is 5.32 Å². The minimum atomic E-state index is -0.652. The fourth-order valence-corrected chi connectivity index (χ4v) is 3.67. The number of nitrogens with one attached hydrogen (secondary N) is 1. The van der Waals surface area contributed by atoms with Gasteiger partial charge >= 0.3 is 6.09 Å². The van der Waals surface area contributed by atoms with Gasteiger partial charge in [-0.1, -0.05) is 41.9 Å². The van der Waals surface area contributed by atoms with Crippen molar-refractivity contribution in [3.05, 3.63) is 46.1 Å². The molecule has 0 radical (unpaired) electrons. The molecule has 1 aliphatic carbocycles. The highest BCUT2D eigenvalue weighted by Gasteiger charge is 2.32. The molecule has 6 nitrogen and oxygen atoms in total. The number of carbonyl (C=O) groups is 2. The molecule has 1 aromatic heterocycles. The number of hydrogen-bond donors (Lipinski definition) is 1. The predicted octanol–water partition coefficient (Wildman–Crippen LogP) is 5.68. The molecule has 1 heterocycles. The lowest BCUT2D eigenvalue weighted by Crippen LogP contribution is -2.31. The molecule has 1 saturated carbocycles. The highest BCUT2D eigenvalue weighted by Crippen LogP contribution is 2.40. The number of carbonyl (C=O) groups excluding carboxylic acids is 2. The summed E-state index contributed by atoms with van der Waals surface area (Å²) in [5.41, 5.74) is 1.08. The summed E-state index contributed by atoms with van der Waals surface area (Å²) in [6, 6.07) is 9.52. The zero-order chi connectivity index (χ0) is 21.3. The molecule has 1 amide bonds. The Kier molecular flexibility index (Phi) is 6.17. The van der Waals surface area contributed by atoms with Crippen LogP contribution in [0.5, 0.6) is 0 Å². The second-order valence-corrected chi connectivity index (χ2v) is 9.80. The summed E-state index contributed by atoms with van der Waals surface area (Å²) in [7, 11) is 0. The van der Waals surface area contributed by atoms with Gasteiger partial charge in [0, 0.05) is 16.5 Å². The van der Waals surface area contributed by atoms with Gasteiger partial charge < -0.3 is 10.1 Å². The second kappa shape index (κ2) is 8.30. The van der Waals surface area contributed by atoms with E-state index in [4.69, 9.17) is 4.74 Å². The number of nitrogens with zero attached hydrogens (tertiary/aromatic N) is 2. The number of benzene rings is 1. The highest BCUT2D eigenvalue weighted by atomic mass is 79.9. The van der Waals surface area contributed by atoms with E-state index in [9.17, 15) is 9.59 Å². The molecule has 0 saturated heterocycles. The van der Waals surface area contributed by atoms with E-state index in [0.29, 0.717) is 11.7 Å². The first-order valence-electron chi connectivity index (χ1n) is 9.95. The van der Waals surface area contributed by atoms with Crippen LogP contribution in [-0.4, -0.2) is 27.4 Å². The Hall–Kier alpha value is -2.15. The molecule has 1 aromatic carbocycles. The Morgan fingerprint density at radius 3 is 2.48 bits per heavy atom. The van der Waals surface area contributed by atoms with Gasteiger partial charge in [0.25, 0.3) is 0 Å². The third-order valence-corrected chi connectivity index (χ3v) is 5.19. The van der Waals surface area contributed by atoms with Gasteiger partial charge in [0.1, 0.15) is 11.4 Å². The quantitative estimate of drug-likeness (QED) is 0.620. The van der Waals surface area contributed by atoms with Crippen molar-refractivity contribution in [1.82, 2.24) is 9.78 Å². The Morgan fingerprint density at radius 2 is 1.93 bits per heavy atom. The second-order valence-electron chi connectivity index (χ2n) is 8.89. The van der Waals surface area contributed by atoms with Gasteiger partial charge in [-0.3, -0.25) is 4.79 Å². The fraction of sp³-hybridized carbons (Fsp3) is 0.500. The normalized spacial score (nSPS) is 15.3. The molecule has 0 unspecified atom stereocenters. The van der Waals surface area contributed by atoms with Crippen LogP contribution in [0.3, 0.4) is 0 Å². The summed E-state index contributed by atoms with van der Waals surface area (Å²) in [4.78, 5) is 25.9. The average molecular weight is 462 g/mol. The van der Waals surface area contributed by atoms with E-state index in [2.05, 4.69) is 26.3 Å². The van der Waals surface area contributed by atoms with Crippen molar-refractivity contribution in [1.29, 1.82) is 0 Å². The lowest BCUT2D eigenvalue weighted by Gasteiger charge is -2.22. The molecule has 1 aliphatic rings. The number of amides is 1. The van der Waals surface area contributed by atoms with Crippen molar-refractivity contribution < 1.29 is 14.3 Å². The van der Waals surface area contributed by atoms with Crippen LogP contribution in [0.1, 0.15) is 70.6 Å². The zero-order valence-electron chi connectivity index (χ0n) is 17.5.